The molecule has 1 aromatic carbocycles. The lowest BCUT2D eigenvalue weighted by atomic mass is 10.2. The van der Waals surface area contributed by atoms with E-state index in [0.717, 1.165) is 6.26 Å². The highest BCUT2D eigenvalue weighted by molar-refractivity contribution is 7.92. The molecule has 0 saturated carbocycles. The summed E-state index contributed by atoms with van der Waals surface area (Å²) in [6.07, 6.45) is 1.05. The SMILES string of the molecule is Cc1cc(NS(C)(=O)=O)n(-c2ccc(C(=O)O)cc2)n1. The predicted molar refractivity (Wildman–Crippen MR) is 73.7 cm³/mol. The number of hydrogen-bond donors (Lipinski definition) is 2. The van der Waals surface area contributed by atoms with Crippen LogP contribution < -0.4 is 4.72 Å². The Bertz CT molecular complexity index is 748. The molecule has 1 aromatic heterocycles. The first kappa shape index (κ1) is 14.1. The van der Waals surface area contributed by atoms with E-state index in [2.05, 4.69) is 9.82 Å². The van der Waals surface area contributed by atoms with Crippen molar-refractivity contribution >= 4 is 21.8 Å². The summed E-state index contributed by atoms with van der Waals surface area (Å²) in [5.41, 5.74) is 1.35. The van der Waals surface area contributed by atoms with Crippen LogP contribution in [0.1, 0.15) is 16.1 Å². The summed E-state index contributed by atoms with van der Waals surface area (Å²) >= 11 is 0. The highest BCUT2D eigenvalue weighted by Crippen LogP contribution is 2.18. The number of hydrogen-bond acceptors (Lipinski definition) is 4. The molecule has 0 saturated heterocycles. The van der Waals surface area contributed by atoms with Crippen molar-refractivity contribution in [1.29, 1.82) is 0 Å². The van der Waals surface area contributed by atoms with Crippen molar-refractivity contribution in [2.75, 3.05) is 11.0 Å². The standard InChI is InChI=1S/C12H13N3O4S/c1-8-7-11(14-20(2,18)19)15(13-8)10-5-3-9(4-6-10)12(16)17/h3-7,14H,1-2H3,(H,16,17). The van der Waals surface area contributed by atoms with Crippen molar-refractivity contribution in [1.82, 2.24) is 9.78 Å². The number of aromatic carboxylic acids is 1. The highest BCUT2D eigenvalue weighted by atomic mass is 32.2. The molecule has 0 aliphatic carbocycles. The first-order valence-electron chi connectivity index (χ1n) is 5.64. The number of aromatic nitrogens is 2. The highest BCUT2D eigenvalue weighted by Gasteiger charge is 2.12. The van der Waals surface area contributed by atoms with Gasteiger partial charge < -0.3 is 5.11 Å². The van der Waals surface area contributed by atoms with E-state index in [1.165, 1.54) is 16.8 Å². The predicted octanol–water partition coefficient (Wildman–Crippen LogP) is 1.25. The van der Waals surface area contributed by atoms with E-state index in [1.807, 2.05) is 0 Å². The Hall–Kier alpha value is -2.35. The molecule has 0 amide bonds. The van der Waals surface area contributed by atoms with Crippen LogP contribution in [0.5, 0.6) is 0 Å². The third-order valence-electron chi connectivity index (χ3n) is 2.48. The van der Waals surface area contributed by atoms with Crippen LogP contribution in [-0.2, 0) is 10.0 Å². The van der Waals surface area contributed by atoms with Gasteiger partial charge in [-0.05, 0) is 31.2 Å². The van der Waals surface area contributed by atoms with Crippen molar-refractivity contribution in [3.05, 3.63) is 41.6 Å². The van der Waals surface area contributed by atoms with Crippen molar-refractivity contribution in [3.63, 3.8) is 0 Å². The molecule has 0 atom stereocenters. The molecule has 2 aromatic rings. The number of carbonyl (C=O) groups is 1. The van der Waals surface area contributed by atoms with Gasteiger partial charge in [0.25, 0.3) is 0 Å². The number of aryl methyl sites for hydroxylation is 1. The van der Waals surface area contributed by atoms with Crippen LogP contribution in [0.3, 0.4) is 0 Å². The molecule has 8 heteroatoms. The summed E-state index contributed by atoms with van der Waals surface area (Å²) in [4.78, 5) is 10.8. The van der Waals surface area contributed by atoms with Gasteiger partial charge in [-0.3, -0.25) is 4.72 Å². The minimum absolute atomic E-state index is 0.148. The monoisotopic (exact) mass is 295 g/mol. The average Bonchev–Trinajstić information content (AvgIpc) is 2.68. The Morgan fingerprint density at radius 1 is 1.30 bits per heavy atom. The molecular formula is C12H13N3O4S. The zero-order valence-corrected chi connectivity index (χ0v) is 11.7. The molecule has 0 radical (unpaired) electrons. The topological polar surface area (TPSA) is 101 Å². The third kappa shape index (κ3) is 3.15. The Labute approximate surface area is 115 Å². The van der Waals surface area contributed by atoms with Gasteiger partial charge in [0.2, 0.25) is 10.0 Å². The quantitative estimate of drug-likeness (QED) is 0.884. The Kier molecular flexibility index (Phi) is 3.49. The van der Waals surface area contributed by atoms with Crippen LogP contribution in [0.4, 0.5) is 5.82 Å². The summed E-state index contributed by atoms with van der Waals surface area (Å²) in [5.74, 6) is -0.726. The molecule has 1 heterocycles. The van der Waals surface area contributed by atoms with Crippen LogP contribution in [-0.4, -0.2) is 35.5 Å². The van der Waals surface area contributed by atoms with Crippen LogP contribution in [0.25, 0.3) is 5.69 Å². The second-order valence-electron chi connectivity index (χ2n) is 4.31. The Morgan fingerprint density at radius 3 is 2.40 bits per heavy atom. The summed E-state index contributed by atoms with van der Waals surface area (Å²) in [6, 6.07) is 7.57. The van der Waals surface area contributed by atoms with Crippen LogP contribution in [0, 0.1) is 6.92 Å². The third-order valence-corrected chi connectivity index (χ3v) is 3.06. The maximum absolute atomic E-state index is 11.3. The minimum atomic E-state index is -3.42. The van der Waals surface area contributed by atoms with Crippen LogP contribution in [0.2, 0.25) is 0 Å². The van der Waals surface area contributed by atoms with Gasteiger partial charge in [0.15, 0.2) is 0 Å². The van der Waals surface area contributed by atoms with Gasteiger partial charge in [-0.25, -0.2) is 17.9 Å². The number of nitrogens with zero attached hydrogens (tertiary/aromatic N) is 2. The summed E-state index contributed by atoms with van der Waals surface area (Å²) in [7, 11) is -3.42. The summed E-state index contributed by atoms with van der Waals surface area (Å²) in [6.45, 7) is 1.73. The molecule has 20 heavy (non-hydrogen) atoms. The van der Waals surface area contributed by atoms with Gasteiger partial charge in [-0.1, -0.05) is 0 Å². The second kappa shape index (κ2) is 4.97. The Balaban J connectivity index is 2.44. The van der Waals surface area contributed by atoms with Gasteiger partial charge in [0.05, 0.1) is 23.2 Å². The summed E-state index contributed by atoms with van der Waals surface area (Å²) in [5, 5.41) is 13.0. The lowest BCUT2D eigenvalue weighted by Crippen LogP contribution is -2.13. The molecule has 0 aliphatic rings. The number of carboxylic acid groups (broad SMARTS) is 1. The van der Waals surface area contributed by atoms with E-state index in [9.17, 15) is 13.2 Å². The van der Waals surface area contributed by atoms with Crippen molar-refractivity contribution in [2.45, 2.75) is 6.92 Å². The minimum Gasteiger partial charge on any atom is -0.478 e. The van der Waals surface area contributed by atoms with Crippen LogP contribution in [0.15, 0.2) is 30.3 Å². The second-order valence-corrected chi connectivity index (χ2v) is 6.06. The van der Waals surface area contributed by atoms with E-state index in [1.54, 1.807) is 25.1 Å². The van der Waals surface area contributed by atoms with Crippen molar-refractivity contribution < 1.29 is 18.3 Å². The molecule has 0 fully saturated rings. The van der Waals surface area contributed by atoms with Crippen molar-refractivity contribution in [3.8, 4) is 5.69 Å². The fourth-order valence-electron chi connectivity index (χ4n) is 1.70. The Morgan fingerprint density at radius 2 is 1.90 bits per heavy atom. The number of rotatable bonds is 4. The van der Waals surface area contributed by atoms with Gasteiger partial charge in [-0.15, -0.1) is 0 Å². The zero-order chi connectivity index (χ0) is 14.9. The molecule has 0 spiro atoms. The summed E-state index contributed by atoms with van der Waals surface area (Å²) < 4.78 is 26.4. The first-order chi connectivity index (χ1) is 9.26. The molecule has 7 nitrogen and oxygen atoms in total. The zero-order valence-electron chi connectivity index (χ0n) is 10.9. The van der Waals surface area contributed by atoms with Gasteiger partial charge in [0, 0.05) is 6.07 Å². The lowest BCUT2D eigenvalue weighted by Gasteiger charge is -2.08. The van der Waals surface area contributed by atoms with E-state index in [0.29, 0.717) is 17.2 Å². The van der Waals surface area contributed by atoms with Crippen LogP contribution >= 0.6 is 0 Å². The number of anilines is 1. The van der Waals surface area contributed by atoms with Gasteiger partial charge >= 0.3 is 5.97 Å². The largest absolute Gasteiger partial charge is 0.478 e. The number of carboxylic acids is 1. The van der Waals surface area contributed by atoms with Crippen molar-refractivity contribution in [2.24, 2.45) is 0 Å². The molecule has 0 aliphatic heterocycles. The molecule has 106 valence electrons. The van der Waals surface area contributed by atoms with E-state index >= 15 is 0 Å². The van der Waals surface area contributed by atoms with Gasteiger partial charge in [0.1, 0.15) is 5.82 Å². The van der Waals surface area contributed by atoms with Gasteiger partial charge in [-0.2, -0.15) is 5.10 Å². The molecular weight excluding hydrogens is 282 g/mol. The molecule has 0 bridgehead atoms. The fourth-order valence-corrected chi connectivity index (χ4v) is 2.23. The lowest BCUT2D eigenvalue weighted by molar-refractivity contribution is 0.0697. The van der Waals surface area contributed by atoms with E-state index in [4.69, 9.17) is 5.11 Å². The maximum atomic E-state index is 11.3. The van der Waals surface area contributed by atoms with E-state index < -0.39 is 16.0 Å². The molecule has 2 rings (SSSR count). The number of sulfonamides is 1. The first-order valence-corrected chi connectivity index (χ1v) is 7.53. The normalized spacial score (nSPS) is 11.3. The smallest absolute Gasteiger partial charge is 0.335 e. The van der Waals surface area contributed by atoms with E-state index in [-0.39, 0.29) is 5.56 Å². The number of benzene rings is 1. The molecule has 0 unspecified atom stereocenters. The fraction of sp³-hybridized carbons (Fsp3) is 0.167. The maximum Gasteiger partial charge on any atom is 0.335 e. The number of nitrogens with one attached hydrogen (secondary N) is 1. The average molecular weight is 295 g/mol. The molecule has 2 N–H and O–H groups in total.